The molecule has 6 heteroatoms. The van der Waals surface area contributed by atoms with E-state index in [-0.39, 0.29) is 5.91 Å². The van der Waals surface area contributed by atoms with Crippen molar-refractivity contribution in [3.8, 4) is 0 Å². The van der Waals surface area contributed by atoms with Crippen molar-refractivity contribution in [2.75, 3.05) is 19.1 Å². The average Bonchev–Trinajstić information content (AvgIpc) is 2.23. The Kier molecular flexibility index (Phi) is 6.43. The smallest absolute Gasteiger partial charge is 0.330 e. The molecule has 0 saturated heterocycles. The summed E-state index contributed by atoms with van der Waals surface area (Å²) < 4.78 is 4.58. The van der Waals surface area contributed by atoms with Gasteiger partial charge in [0.05, 0.1) is 13.2 Å². The van der Waals surface area contributed by atoms with E-state index in [1.807, 2.05) is 6.26 Å². The molecule has 0 fully saturated rings. The second-order valence-electron chi connectivity index (χ2n) is 3.99. The van der Waals surface area contributed by atoms with Gasteiger partial charge in [-0.05, 0) is 32.3 Å². The number of esters is 1. The molecule has 0 heterocycles. The number of rotatable bonds is 6. The van der Waals surface area contributed by atoms with Crippen molar-refractivity contribution in [2.45, 2.75) is 31.8 Å². The van der Waals surface area contributed by atoms with Gasteiger partial charge in [-0.15, -0.1) is 0 Å². The third-order valence-corrected chi connectivity index (χ3v) is 2.75. The number of ether oxygens (including phenoxy) is 1. The fraction of sp³-hybridized carbons (Fsp3) is 0.800. The molecule has 1 amide bonds. The molecule has 0 aromatic rings. The van der Waals surface area contributed by atoms with E-state index in [0.717, 1.165) is 5.75 Å². The van der Waals surface area contributed by atoms with Crippen LogP contribution >= 0.6 is 11.8 Å². The molecule has 5 nitrogen and oxygen atoms in total. The van der Waals surface area contributed by atoms with Crippen LogP contribution in [0.25, 0.3) is 0 Å². The number of hydrogen-bond donors (Lipinski definition) is 2. The lowest BCUT2D eigenvalue weighted by Gasteiger charge is -2.24. The molecule has 0 aliphatic rings. The Hall–Kier alpha value is -0.750. The van der Waals surface area contributed by atoms with E-state index in [9.17, 15) is 9.59 Å². The summed E-state index contributed by atoms with van der Waals surface area (Å²) >= 11 is 1.62. The van der Waals surface area contributed by atoms with E-state index >= 15 is 0 Å². The highest BCUT2D eigenvalue weighted by Gasteiger charge is 2.31. The van der Waals surface area contributed by atoms with Crippen LogP contribution in [0.4, 0.5) is 0 Å². The number of nitrogens with two attached hydrogens (primary N) is 1. The Balaban J connectivity index is 4.27. The molecular weight excluding hydrogens is 228 g/mol. The molecule has 0 saturated carbocycles. The number of methoxy groups -OCH3 is 1. The Bertz CT molecular complexity index is 256. The molecule has 0 spiro atoms. The zero-order chi connectivity index (χ0) is 12.8. The van der Waals surface area contributed by atoms with Gasteiger partial charge in [0.15, 0.2) is 0 Å². The van der Waals surface area contributed by atoms with Crippen LogP contribution in [0.2, 0.25) is 0 Å². The molecule has 3 N–H and O–H groups in total. The molecular formula is C10H20N2O3S. The number of thioether (sulfide) groups is 1. The van der Waals surface area contributed by atoms with Crippen molar-refractivity contribution in [3.05, 3.63) is 0 Å². The summed E-state index contributed by atoms with van der Waals surface area (Å²) in [6.45, 7) is 3.16. The SMILES string of the molecule is COC(=O)C(C)(C)NC(=O)[C@H](N)CCSC. The van der Waals surface area contributed by atoms with Gasteiger partial charge in [0.2, 0.25) is 5.91 Å². The Labute approximate surface area is 100 Å². The van der Waals surface area contributed by atoms with Gasteiger partial charge in [0.25, 0.3) is 0 Å². The minimum absolute atomic E-state index is 0.329. The molecule has 0 unspecified atom stereocenters. The molecule has 0 aliphatic carbocycles. The molecule has 0 bridgehead atoms. The number of hydrogen-bond acceptors (Lipinski definition) is 5. The number of nitrogens with one attached hydrogen (secondary N) is 1. The topological polar surface area (TPSA) is 81.4 Å². The maximum absolute atomic E-state index is 11.6. The van der Waals surface area contributed by atoms with Crippen molar-refractivity contribution in [3.63, 3.8) is 0 Å². The number of carbonyl (C=O) groups excluding carboxylic acids is 2. The van der Waals surface area contributed by atoms with E-state index in [4.69, 9.17) is 5.73 Å². The van der Waals surface area contributed by atoms with Gasteiger partial charge in [0.1, 0.15) is 5.54 Å². The molecule has 16 heavy (non-hydrogen) atoms. The summed E-state index contributed by atoms with van der Waals surface area (Å²) in [5.41, 5.74) is 4.64. The molecule has 0 rings (SSSR count). The minimum atomic E-state index is -1.04. The van der Waals surface area contributed by atoms with E-state index < -0.39 is 17.6 Å². The summed E-state index contributed by atoms with van der Waals surface area (Å²) in [4.78, 5) is 23.0. The zero-order valence-electron chi connectivity index (χ0n) is 10.2. The third-order valence-electron chi connectivity index (χ3n) is 2.10. The quantitative estimate of drug-likeness (QED) is 0.653. The fourth-order valence-electron chi connectivity index (χ4n) is 1.08. The van der Waals surface area contributed by atoms with Crippen LogP contribution in [-0.4, -0.2) is 42.6 Å². The summed E-state index contributed by atoms with van der Waals surface area (Å²) in [7, 11) is 1.28. The van der Waals surface area contributed by atoms with Gasteiger partial charge in [-0.1, -0.05) is 0 Å². The van der Waals surface area contributed by atoms with Gasteiger partial charge in [-0.25, -0.2) is 4.79 Å². The fourth-order valence-corrected chi connectivity index (χ4v) is 1.57. The summed E-state index contributed by atoms with van der Waals surface area (Å²) in [6, 6.07) is -0.587. The first-order valence-electron chi connectivity index (χ1n) is 5.00. The first-order valence-corrected chi connectivity index (χ1v) is 6.39. The van der Waals surface area contributed by atoms with Crippen LogP contribution in [0.3, 0.4) is 0 Å². The molecule has 0 aliphatic heterocycles. The Morgan fingerprint density at radius 1 is 1.50 bits per heavy atom. The van der Waals surface area contributed by atoms with Crippen LogP contribution in [-0.2, 0) is 14.3 Å². The predicted molar refractivity (Wildman–Crippen MR) is 65.2 cm³/mol. The maximum Gasteiger partial charge on any atom is 0.330 e. The molecule has 0 aromatic carbocycles. The monoisotopic (exact) mass is 248 g/mol. The van der Waals surface area contributed by atoms with Gasteiger partial charge >= 0.3 is 5.97 Å². The predicted octanol–water partition coefficient (Wildman–Crippen LogP) is 0.135. The highest BCUT2D eigenvalue weighted by molar-refractivity contribution is 7.98. The van der Waals surface area contributed by atoms with Crippen LogP contribution in [0, 0.1) is 0 Å². The van der Waals surface area contributed by atoms with Gasteiger partial charge < -0.3 is 15.8 Å². The molecule has 0 radical (unpaired) electrons. The van der Waals surface area contributed by atoms with Crippen LogP contribution in [0.5, 0.6) is 0 Å². The molecule has 0 aromatic heterocycles. The zero-order valence-corrected chi connectivity index (χ0v) is 11.0. The maximum atomic E-state index is 11.6. The van der Waals surface area contributed by atoms with Gasteiger partial charge in [-0.2, -0.15) is 11.8 Å². The first kappa shape index (κ1) is 15.2. The minimum Gasteiger partial charge on any atom is -0.467 e. The van der Waals surface area contributed by atoms with Crippen molar-refractivity contribution in [2.24, 2.45) is 5.73 Å². The Morgan fingerprint density at radius 3 is 2.50 bits per heavy atom. The first-order chi connectivity index (χ1) is 7.35. The summed E-state index contributed by atoms with van der Waals surface area (Å²) in [5, 5.41) is 2.57. The highest BCUT2D eigenvalue weighted by atomic mass is 32.2. The molecule has 1 atom stereocenters. The van der Waals surface area contributed by atoms with Crippen molar-refractivity contribution in [1.29, 1.82) is 0 Å². The largest absolute Gasteiger partial charge is 0.467 e. The summed E-state index contributed by atoms with van der Waals surface area (Å²) in [6.07, 6.45) is 2.53. The van der Waals surface area contributed by atoms with Crippen LogP contribution in [0.1, 0.15) is 20.3 Å². The number of amides is 1. The third kappa shape index (κ3) is 4.85. The lowest BCUT2D eigenvalue weighted by molar-refractivity contribution is -0.149. The lowest BCUT2D eigenvalue weighted by atomic mass is 10.1. The van der Waals surface area contributed by atoms with Crippen molar-refractivity contribution < 1.29 is 14.3 Å². The van der Waals surface area contributed by atoms with Crippen LogP contribution < -0.4 is 11.1 Å². The molecule has 94 valence electrons. The second kappa shape index (κ2) is 6.75. The lowest BCUT2D eigenvalue weighted by Crippen LogP contribution is -2.55. The van der Waals surface area contributed by atoms with Gasteiger partial charge in [0, 0.05) is 0 Å². The Morgan fingerprint density at radius 2 is 2.06 bits per heavy atom. The van der Waals surface area contributed by atoms with E-state index in [2.05, 4.69) is 10.1 Å². The van der Waals surface area contributed by atoms with Gasteiger partial charge in [-0.3, -0.25) is 4.79 Å². The van der Waals surface area contributed by atoms with E-state index in [0.29, 0.717) is 6.42 Å². The summed E-state index contributed by atoms with van der Waals surface area (Å²) in [5.74, 6) is -0.00452. The second-order valence-corrected chi connectivity index (χ2v) is 4.98. The standard InChI is InChI=1S/C10H20N2O3S/c1-10(2,9(14)15-3)12-8(13)7(11)5-6-16-4/h7H,5-6,11H2,1-4H3,(H,12,13)/t7-/m1/s1. The van der Waals surface area contributed by atoms with Crippen molar-refractivity contribution >= 4 is 23.6 Å². The normalized spacial score (nSPS) is 13.1. The van der Waals surface area contributed by atoms with E-state index in [1.165, 1.54) is 7.11 Å². The van der Waals surface area contributed by atoms with Crippen molar-refractivity contribution in [1.82, 2.24) is 5.32 Å². The van der Waals surface area contributed by atoms with E-state index in [1.54, 1.807) is 25.6 Å². The number of carbonyl (C=O) groups is 2. The van der Waals surface area contributed by atoms with Crippen LogP contribution in [0.15, 0.2) is 0 Å². The highest BCUT2D eigenvalue weighted by Crippen LogP contribution is 2.06. The average molecular weight is 248 g/mol.